The summed E-state index contributed by atoms with van der Waals surface area (Å²) in [6, 6.07) is 18.4. The molecule has 2 heterocycles. The smallest absolute Gasteiger partial charge is 0.222 e. The zero-order valence-corrected chi connectivity index (χ0v) is 18.2. The molecule has 1 unspecified atom stereocenters. The molecule has 1 saturated heterocycles. The molecule has 1 amide bonds. The van der Waals surface area contributed by atoms with Crippen LogP contribution < -0.4 is 10.6 Å². The van der Waals surface area contributed by atoms with Gasteiger partial charge in [-0.3, -0.25) is 4.79 Å². The molecule has 31 heavy (non-hydrogen) atoms. The molecule has 1 aromatic heterocycles. The van der Waals surface area contributed by atoms with Gasteiger partial charge >= 0.3 is 0 Å². The monoisotopic (exact) mass is 418 g/mol. The Morgan fingerprint density at radius 1 is 1.16 bits per heavy atom. The van der Waals surface area contributed by atoms with Gasteiger partial charge in [0.1, 0.15) is 11.3 Å². The van der Waals surface area contributed by atoms with Gasteiger partial charge in [-0.05, 0) is 43.5 Å². The maximum atomic E-state index is 11.9. The highest BCUT2D eigenvalue weighted by atomic mass is 16.3. The van der Waals surface area contributed by atoms with Crippen molar-refractivity contribution < 1.29 is 9.21 Å². The molecular formula is C25H30N4O2. The summed E-state index contributed by atoms with van der Waals surface area (Å²) in [5, 5.41) is 7.85. The number of benzene rings is 2. The van der Waals surface area contributed by atoms with E-state index in [1.165, 1.54) is 0 Å². The quantitative estimate of drug-likeness (QED) is 0.442. The van der Waals surface area contributed by atoms with Crippen molar-refractivity contribution in [1.82, 2.24) is 15.5 Å². The number of fused-ring (bicyclic) bond motifs is 1. The van der Waals surface area contributed by atoms with E-state index in [9.17, 15) is 4.79 Å². The number of carbonyl (C=O) groups is 1. The van der Waals surface area contributed by atoms with Gasteiger partial charge in [-0.1, -0.05) is 42.5 Å². The van der Waals surface area contributed by atoms with Gasteiger partial charge in [-0.2, -0.15) is 0 Å². The Morgan fingerprint density at radius 2 is 2.00 bits per heavy atom. The number of nitrogens with zero attached hydrogens (tertiary/aromatic N) is 2. The number of guanidine groups is 1. The fraction of sp³-hybridized carbons (Fsp3) is 0.360. The highest BCUT2D eigenvalue weighted by molar-refractivity contribution is 5.81. The Balaban J connectivity index is 1.42. The standard InChI is InChI=1S/C25H30N4O2/c1-3-26-25(28-18(2)23-15-21-10-4-5-11-22(21)31-23)27-16-19-8-6-9-20(14-19)17-29-13-7-12-24(29)30/h4-6,8-11,14-15,18H,3,7,12-13,16-17H2,1-2H3,(H2,26,27,28). The summed E-state index contributed by atoms with van der Waals surface area (Å²) in [6.07, 6.45) is 1.63. The highest BCUT2D eigenvalue weighted by Gasteiger charge is 2.20. The molecule has 162 valence electrons. The molecule has 4 rings (SSSR count). The van der Waals surface area contributed by atoms with Crippen molar-refractivity contribution in [1.29, 1.82) is 0 Å². The normalized spacial score (nSPS) is 15.5. The number of amides is 1. The molecule has 0 saturated carbocycles. The third-order valence-electron chi connectivity index (χ3n) is 5.52. The topological polar surface area (TPSA) is 69.9 Å². The molecule has 0 spiro atoms. The summed E-state index contributed by atoms with van der Waals surface area (Å²) in [6.45, 7) is 6.99. The van der Waals surface area contributed by atoms with Crippen LogP contribution in [0.1, 0.15) is 49.6 Å². The van der Waals surface area contributed by atoms with Crippen LogP contribution in [-0.4, -0.2) is 29.9 Å². The molecule has 1 aliphatic heterocycles. The van der Waals surface area contributed by atoms with Crippen molar-refractivity contribution in [3.8, 4) is 0 Å². The zero-order chi connectivity index (χ0) is 21.6. The van der Waals surface area contributed by atoms with Crippen LogP contribution in [0.25, 0.3) is 11.0 Å². The van der Waals surface area contributed by atoms with Gasteiger partial charge < -0.3 is 20.0 Å². The van der Waals surface area contributed by atoms with Crippen molar-refractivity contribution in [2.45, 2.75) is 45.8 Å². The molecule has 1 atom stereocenters. The third-order valence-corrected chi connectivity index (χ3v) is 5.52. The Kier molecular flexibility index (Phi) is 6.55. The number of carbonyl (C=O) groups excluding carboxylic acids is 1. The Morgan fingerprint density at radius 3 is 2.77 bits per heavy atom. The zero-order valence-electron chi connectivity index (χ0n) is 18.2. The first kappa shape index (κ1) is 21.0. The Bertz CT molecular complexity index is 1040. The fourth-order valence-electron chi connectivity index (χ4n) is 3.90. The predicted molar refractivity (Wildman–Crippen MR) is 124 cm³/mol. The number of furan rings is 1. The van der Waals surface area contributed by atoms with Crippen LogP contribution in [0.15, 0.2) is 64.0 Å². The van der Waals surface area contributed by atoms with Gasteiger partial charge in [0.15, 0.2) is 5.96 Å². The molecule has 2 aromatic carbocycles. The van der Waals surface area contributed by atoms with E-state index in [1.807, 2.05) is 29.2 Å². The van der Waals surface area contributed by atoms with E-state index >= 15 is 0 Å². The van der Waals surface area contributed by atoms with E-state index < -0.39 is 0 Å². The number of likely N-dealkylation sites (tertiary alicyclic amines) is 1. The minimum Gasteiger partial charge on any atom is -0.459 e. The van der Waals surface area contributed by atoms with Crippen molar-refractivity contribution in [2.24, 2.45) is 4.99 Å². The molecule has 1 fully saturated rings. The first-order chi connectivity index (χ1) is 15.1. The van der Waals surface area contributed by atoms with Crippen molar-refractivity contribution in [2.75, 3.05) is 13.1 Å². The number of nitrogens with one attached hydrogen (secondary N) is 2. The predicted octanol–water partition coefficient (Wildman–Crippen LogP) is 4.37. The van der Waals surface area contributed by atoms with Crippen LogP contribution >= 0.6 is 0 Å². The second-order valence-corrected chi connectivity index (χ2v) is 7.99. The number of rotatable bonds is 7. The largest absolute Gasteiger partial charge is 0.459 e. The van der Waals surface area contributed by atoms with Crippen molar-refractivity contribution >= 4 is 22.8 Å². The number of hydrogen-bond donors (Lipinski definition) is 2. The molecule has 0 radical (unpaired) electrons. The second-order valence-electron chi connectivity index (χ2n) is 7.99. The van der Waals surface area contributed by atoms with Gasteiger partial charge in [-0.25, -0.2) is 4.99 Å². The van der Waals surface area contributed by atoms with Crippen LogP contribution in [-0.2, 0) is 17.9 Å². The van der Waals surface area contributed by atoms with Gasteiger partial charge in [0.05, 0.1) is 12.6 Å². The number of para-hydroxylation sites is 1. The van der Waals surface area contributed by atoms with E-state index in [-0.39, 0.29) is 11.9 Å². The summed E-state index contributed by atoms with van der Waals surface area (Å²) in [7, 11) is 0. The lowest BCUT2D eigenvalue weighted by atomic mass is 10.1. The molecule has 1 aliphatic rings. The van der Waals surface area contributed by atoms with E-state index in [0.717, 1.165) is 53.3 Å². The summed E-state index contributed by atoms with van der Waals surface area (Å²) >= 11 is 0. The fourth-order valence-corrected chi connectivity index (χ4v) is 3.90. The maximum absolute atomic E-state index is 11.9. The van der Waals surface area contributed by atoms with Gasteiger partial charge in [0.25, 0.3) is 0 Å². The third kappa shape index (κ3) is 5.26. The summed E-state index contributed by atoms with van der Waals surface area (Å²) in [5.74, 6) is 1.88. The molecule has 0 aliphatic carbocycles. The SMILES string of the molecule is CCNC(=NCc1cccc(CN2CCCC2=O)c1)NC(C)c1cc2ccccc2o1. The van der Waals surface area contributed by atoms with E-state index in [2.05, 4.69) is 54.8 Å². The first-order valence-corrected chi connectivity index (χ1v) is 11.0. The van der Waals surface area contributed by atoms with Crippen molar-refractivity contribution in [3.63, 3.8) is 0 Å². The summed E-state index contributed by atoms with van der Waals surface area (Å²) in [5.41, 5.74) is 3.16. The molecule has 6 nitrogen and oxygen atoms in total. The summed E-state index contributed by atoms with van der Waals surface area (Å²) < 4.78 is 5.98. The lowest BCUT2D eigenvalue weighted by Gasteiger charge is -2.17. The van der Waals surface area contributed by atoms with E-state index in [1.54, 1.807) is 0 Å². The van der Waals surface area contributed by atoms with Gasteiger partial charge in [0.2, 0.25) is 5.91 Å². The highest BCUT2D eigenvalue weighted by Crippen LogP contribution is 2.23. The molecule has 3 aromatic rings. The Hall–Kier alpha value is -3.28. The van der Waals surface area contributed by atoms with Crippen molar-refractivity contribution in [3.05, 3.63) is 71.5 Å². The average molecular weight is 419 g/mol. The van der Waals surface area contributed by atoms with E-state index in [4.69, 9.17) is 9.41 Å². The van der Waals surface area contributed by atoms with Gasteiger partial charge in [0, 0.05) is 31.4 Å². The minimum atomic E-state index is -0.0160. The lowest BCUT2D eigenvalue weighted by Crippen LogP contribution is -2.38. The van der Waals surface area contributed by atoms with Crippen LogP contribution in [0.4, 0.5) is 0 Å². The second kappa shape index (κ2) is 9.69. The first-order valence-electron chi connectivity index (χ1n) is 11.0. The molecule has 0 bridgehead atoms. The Labute approximate surface area is 183 Å². The van der Waals surface area contributed by atoms with E-state index in [0.29, 0.717) is 19.5 Å². The lowest BCUT2D eigenvalue weighted by molar-refractivity contribution is -0.128. The maximum Gasteiger partial charge on any atom is 0.222 e. The van der Waals surface area contributed by atoms with Crippen LogP contribution in [0.5, 0.6) is 0 Å². The van der Waals surface area contributed by atoms with Crippen LogP contribution in [0, 0.1) is 0 Å². The molecule has 2 N–H and O–H groups in total. The number of hydrogen-bond acceptors (Lipinski definition) is 3. The van der Waals surface area contributed by atoms with Crippen LogP contribution in [0.3, 0.4) is 0 Å². The average Bonchev–Trinajstić information content (AvgIpc) is 3.39. The number of aliphatic imine (C=N–C) groups is 1. The van der Waals surface area contributed by atoms with Gasteiger partial charge in [-0.15, -0.1) is 0 Å². The summed E-state index contributed by atoms with van der Waals surface area (Å²) in [4.78, 5) is 18.6. The van der Waals surface area contributed by atoms with Crippen LogP contribution in [0.2, 0.25) is 0 Å². The minimum absolute atomic E-state index is 0.0160. The molecule has 6 heteroatoms. The molecular weight excluding hydrogens is 388 g/mol.